The van der Waals surface area contributed by atoms with E-state index in [1.165, 1.54) is 10.9 Å². The highest BCUT2D eigenvalue weighted by atomic mass is 16.6. The number of para-hydroxylation sites is 1. The number of aryl methyl sites for hydroxylation is 1. The van der Waals surface area contributed by atoms with Gasteiger partial charge in [-0.1, -0.05) is 18.2 Å². The van der Waals surface area contributed by atoms with Gasteiger partial charge in [-0.25, -0.2) is 0 Å². The van der Waals surface area contributed by atoms with Gasteiger partial charge in [0.2, 0.25) is 12.1 Å². The molecule has 1 atom stereocenters. The lowest BCUT2D eigenvalue weighted by Crippen LogP contribution is -2.27. The van der Waals surface area contributed by atoms with Crippen molar-refractivity contribution in [2.75, 3.05) is 11.9 Å². The number of fused-ring (bicyclic) bond motifs is 1. The zero-order valence-corrected chi connectivity index (χ0v) is 12.6. The SMILES string of the molecule is Cn1cnc([N+](=O)[O-])c1NC(CO)Cc1c[nH]c2ccccc12. The molecule has 0 spiro atoms. The van der Waals surface area contributed by atoms with Gasteiger partial charge in [0.15, 0.2) is 0 Å². The molecule has 2 aromatic heterocycles. The normalized spacial score (nSPS) is 12.4. The van der Waals surface area contributed by atoms with Crippen molar-refractivity contribution in [1.82, 2.24) is 14.5 Å². The Morgan fingerprint density at radius 2 is 2.26 bits per heavy atom. The molecule has 0 aliphatic carbocycles. The number of aromatic nitrogens is 3. The van der Waals surface area contributed by atoms with Crippen LogP contribution in [-0.2, 0) is 13.5 Å². The number of rotatable bonds is 6. The molecule has 0 aliphatic heterocycles. The Morgan fingerprint density at radius 1 is 1.48 bits per heavy atom. The second-order valence-corrected chi connectivity index (χ2v) is 5.37. The third kappa shape index (κ3) is 2.88. The second-order valence-electron chi connectivity index (χ2n) is 5.37. The maximum absolute atomic E-state index is 11.0. The molecule has 0 radical (unpaired) electrons. The highest BCUT2D eigenvalue weighted by molar-refractivity contribution is 5.83. The van der Waals surface area contributed by atoms with Crippen LogP contribution < -0.4 is 5.32 Å². The number of aliphatic hydroxyl groups is 1. The molecule has 3 N–H and O–H groups in total. The predicted molar refractivity (Wildman–Crippen MR) is 86.4 cm³/mol. The average molecular weight is 315 g/mol. The predicted octanol–water partition coefficient (Wildman–Crippen LogP) is 1.83. The van der Waals surface area contributed by atoms with Crippen LogP contribution in [0.5, 0.6) is 0 Å². The molecule has 3 rings (SSSR count). The summed E-state index contributed by atoms with van der Waals surface area (Å²) >= 11 is 0. The van der Waals surface area contributed by atoms with E-state index in [0.29, 0.717) is 6.42 Å². The van der Waals surface area contributed by atoms with Crippen LogP contribution in [-0.4, -0.2) is 37.2 Å². The van der Waals surface area contributed by atoms with Crippen LogP contribution in [0.1, 0.15) is 5.56 Å². The Hall–Kier alpha value is -2.87. The number of hydrogen-bond acceptors (Lipinski definition) is 5. The second kappa shape index (κ2) is 6.09. The molecular weight excluding hydrogens is 298 g/mol. The van der Waals surface area contributed by atoms with Gasteiger partial charge in [0.05, 0.1) is 12.6 Å². The summed E-state index contributed by atoms with van der Waals surface area (Å²) in [6, 6.07) is 7.52. The van der Waals surface area contributed by atoms with E-state index in [0.717, 1.165) is 16.5 Å². The first-order valence-electron chi connectivity index (χ1n) is 7.18. The van der Waals surface area contributed by atoms with Gasteiger partial charge in [0.25, 0.3) is 0 Å². The number of benzene rings is 1. The fraction of sp³-hybridized carbons (Fsp3) is 0.267. The van der Waals surface area contributed by atoms with Crippen LogP contribution in [0, 0.1) is 10.1 Å². The molecule has 1 aromatic carbocycles. The fourth-order valence-electron chi connectivity index (χ4n) is 2.64. The fourth-order valence-corrected chi connectivity index (χ4v) is 2.64. The summed E-state index contributed by atoms with van der Waals surface area (Å²) in [6.07, 6.45) is 3.80. The molecule has 2 heterocycles. The topological polar surface area (TPSA) is 109 Å². The number of hydrogen-bond donors (Lipinski definition) is 3. The van der Waals surface area contributed by atoms with Crippen molar-refractivity contribution in [2.24, 2.45) is 7.05 Å². The summed E-state index contributed by atoms with van der Waals surface area (Å²) in [5.41, 5.74) is 2.06. The zero-order chi connectivity index (χ0) is 16.4. The van der Waals surface area contributed by atoms with Gasteiger partial charge in [-0.15, -0.1) is 0 Å². The molecule has 0 saturated heterocycles. The summed E-state index contributed by atoms with van der Waals surface area (Å²) in [4.78, 5) is 17.4. The van der Waals surface area contributed by atoms with Crippen molar-refractivity contribution in [3.8, 4) is 0 Å². The minimum absolute atomic E-state index is 0.151. The van der Waals surface area contributed by atoms with Crippen molar-refractivity contribution < 1.29 is 10.0 Å². The van der Waals surface area contributed by atoms with Gasteiger partial charge in [0.1, 0.15) is 0 Å². The van der Waals surface area contributed by atoms with E-state index in [1.54, 1.807) is 7.05 Å². The van der Waals surface area contributed by atoms with Gasteiger partial charge in [0, 0.05) is 24.1 Å². The number of aliphatic hydroxyl groups excluding tert-OH is 1. The van der Waals surface area contributed by atoms with Crippen molar-refractivity contribution in [3.63, 3.8) is 0 Å². The van der Waals surface area contributed by atoms with E-state index in [2.05, 4.69) is 15.3 Å². The van der Waals surface area contributed by atoms with Crippen molar-refractivity contribution in [1.29, 1.82) is 0 Å². The standard InChI is InChI=1S/C15H17N5O3/c1-19-9-17-14(20(22)23)15(19)18-11(8-21)6-10-7-16-13-5-3-2-4-12(10)13/h2-5,7,9,11,16,18,21H,6,8H2,1H3. The Kier molecular flexibility index (Phi) is 3.98. The maximum atomic E-state index is 11.0. The molecular formula is C15H17N5O3. The number of anilines is 1. The molecule has 1 unspecified atom stereocenters. The van der Waals surface area contributed by atoms with Crippen molar-refractivity contribution >= 4 is 22.5 Å². The Balaban J connectivity index is 1.84. The first-order valence-corrected chi connectivity index (χ1v) is 7.18. The minimum Gasteiger partial charge on any atom is -0.394 e. The third-order valence-electron chi connectivity index (χ3n) is 3.79. The number of H-pyrrole nitrogens is 1. The lowest BCUT2D eigenvalue weighted by atomic mass is 10.1. The lowest BCUT2D eigenvalue weighted by Gasteiger charge is -2.16. The molecule has 0 aliphatic rings. The quantitative estimate of drug-likeness (QED) is 0.475. The van der Waals surface area contributed by atoms with Crippen LogP contribution >= 0.6 is 0 Å². The number of nitrogens with one attached hydrogen (secondary N) is 2. The van der Waals surface area contributed by atoms with Crippen molar-refractivity contribution in [2.45, 2.75) is 12.5 Å². The van der Waals surface area contributed by atoms with E-state index in [4.69, 9.17) is 0 Å². The first kappa shape index (κ1) is 15.0. The van der Waals surface area contributed by atoms with Crippen LogP contribution in [0.2, 0.25) is 0 Å². The van der Waals surface area contributed by atoms with Gasteiger partial charge in [-0.2, -0.15) is 0 Å². The summed E-state index contributed by atoms with van der Waals surface area (Å²) in [7, 11) is 1.67. The molecule has 120 valence electrons. The zero-order valence-electron chi connectivity index (χ0n) is 12.6. The first-order chi connectivity index (χ1) is 11.1. The van der Waals surface area contributed by atoms with Gasteiger partial charge >= 0.3 is 5.82 Å². The van der Waals surface area contributed by atoms with E-state index in [1.807, 2.05) is 30.5 Å². The van der Waals surface area contributed by atoms with Crippen LogP contribution in [0.3, 0.4) is 0 Å². The van der Waals surface area contributed by atoms with Crippen molar-refractivity contribution in [3.05, 3.63) is 52.5 Å². The molecule has 0 bridgehead atoms. The summed E-state index contributed by atoms with van der Waals surface area (Å²) in [6.45, 7) is -0.151. The third-order valence-corrected chi connectivity index (χ3v) is 3.79. The number of imidazole rings is 1. The highest BCUT2D eigenvalue weighted by Crippen LogP contribution is 2.24. The molecule has 0 saturated carbocycles. The highest BCUT2D eigenvalue weighted by Gasteiger charge is 2.23. The van der Waals surface area contributed by atoms with E-state index >= 15 is 0 Å². The molecule has 3 aromatic rings. The molecule has 8 heteroatoms. The minimum atomic E-state index is -0.539. The largest absolute Gasteiger partial charge is 0.406 e. The Bertz CT molecular complexity index is 839. The number of aromatic amines is 1. The Labute approximate surface area is 131 Å². The van der Waals surface area contributed by atoms with E-state index < -0.39 is 4.92 Å². The number of nitrogens with zero attached hydrogens (tertiary/aromatic N) is 3. The van der Waals surface area contributed by atoms with Crippen LogP contribution in [0.25, 0.3) is 10.9 Å². The monoisotopic (exact) mass is 315 g/mol. The van der Waals surface area contributed by atoms with Crippen LogP contribution in [0.4, 0.5) is 11.6 Å². The Morgan fingerprint density at radius 3 is 3.00 bits per heavy atom. The summed E-state index contributed by atoms with van der Waals surface area (Å²) < 4.78 is 1.54. The summed E-state index contributed by atoms with van der Waals surface area (Å²) in [5, 5.41) is 24.8. The molecule has 0 amide bonds. The number of nitro groups is 1. The molecule has 23 heavy (non-hydrogen) atoms. The van der Waals surface area contributed by atoms with Gasteiger partial charge in [-0.3, -0.25) is 4.57 Å². The van der Waals surface area contributed by atoms with E-state index in [-0.39, 0.29) is 24.3 Å². The molecule has 0 fully saturated rings. The smallest absolute Gasteiger partial charge is 0.394 e. The van der Waals surface area contributed by atoms with Gasteiger partial charge < -0.3 is 25.5 Å². The lowest BCUT2D eigenvalue weighted by molar-refractivity contribution is -0.388. The average Bonchev–Trinajstić information content (AvgIpc) is 3.11. The van der Waals surface area contributed by atoms with E-state index in [9.17, 15) is 15.2 Å². The van der Waals surface area contributed by atoms with Crippen LogP contribution in [0.15, 0.2) is 36.8 Å². The van der Waals surface area contributed by atoms with Gasteiger partial charge in [-0.05, 0) is 28.0 Å². The summed E-state index contributed by atoms with van der Waals surface area (Å²) in [5.74, 6) is 0.0405. The molecule has 8 nitrogen and oxygen atoms in total. The maximum Gasteiger partial charge on any atom is 0.406 e.